The van der Waals surface area contributed by atoms with Crippen LogP contribution in [0.25, 0.3) is 0 Å². The third-order valence-corrected chi connectivity index (χ3v) is 3.97. The third kappa shape index (κ3) is 2.23. The van der Waals surface area contributed by atoms with E-state index in [2.05, 4.69) is 28.0 Å². The van der Waals surface area contributed by atoms with Crippen LogP contribution >= 0.6 is 35.5 Å². The second-order valence-electron chi connectivity index (χ2n) is 2.74. The number of rotatable bonds is 3. The molecular weight excluding hydrogens is 212 g/mol. The van der Waals surface area contributed by atoms with Crippen molar-refractivity contribution in [1.29, 1.82) is 0 Å². The van der Waals surface area contributed by atoms with Crippen molar-refractivity contribution in [3.8, 4) is 0 Å². The predicted molar refractivity (Wildman–Crippen MR) is 59.5 cm³/mol. The lowest BCUT2D eigenvalue weighted by atomic mass is 10.4. The summed E-state index contributed by atoms with van der Waals surface area (Å²) in [6.45, 7) is 4.29. The monoisotopic (exact) mass is 226 g/mol. The Hall–Kier alpha value is 0.910. The molecular formula is C7H15ClN2S2. The van der Waals surface area contributed by atoms with Crippen LogP contribution in [0.15, 0.2) is 0 Å². The highest BCUT2D eigenvalue weighted by atomic mass is 35.5. The average Bonchev–Trinajstić information content (AvgIpc) is 2.46. The molecule has 1 fully saturated rings. The van der Waals surface area contributed by atoms with Crippen LogP contribution in [0, 0.1) is 0 Å². The van der Waals surface area contributed by atoms with Crippen LogP contribution in [0.3, 0.4) is 0 Å². The summed E-state index contributed by atoms with van der Waals surface area (Å²) in [7, 11) is 0. The SMILES string of the molecule is CSN1CCN(SC)C1[C@H](C)Cl. The van der Waals surface area contributed by atoms with E-state index in [-0.39, 0.29) is 5.38 Å². The van der Waals surface area contributed by atoms with E-state index >= 15 is 0 Å². The Morgan fingerprint density at radius 1 is 1.25 bits per heavy atom. The Balaban J connectivity index is 2.59. The first-order valence-electron chi connectivity index (χ1n) is 3.96. The number of alkyl halides is 1. The lowest BCUT2D eigenvalue weighted by Crippen LogP contribution is -2.37. The molecule has 1 saturated heterocycles. The maximum absolute atomic E-state index is 6.12. The minimum Gasteiger partial charge on any atom is -0.230 e. The molecule has 0 aliphatic carbocycles. The highest BCUT2D eigenvalue weighted by Gasteiger charge is 2.34. The van der Waals surface area contributed by atoms with E-state index < -0.39 is 0 Å². The standard InChI is InChI=1S/C7H15ClN2S2/c1-6(8)7-9(11-2)4-5-10(7)12-3/h6-7H,4-5H2,1-3H3/t6-/m0/s1. The molecule has 72 valence electrons. The Labute approximate surface area is 88.3 Å². The van der Waals surface area contributed by atoms with Crippen molar-refractivity contribution >= 4 is 35.5 Å². The molecule has 1 rings (SSSR count). The Kier molecular flexibility index (Phi) is 4.54. The van der Waals surface area contributed by atoms with Gasteiger partial charge in [0, 0.05) is 13.1 Å². The highest BCUT2D eigenvalue weighted by molar-refractivity contribution is 7.97. The van der Waals surface area contributed by atoms with Crippen LogP contribution in [0.5, 0.6) is 0 Å². The molecule has 0 spiro atoms. The lowest BCUT2D eigenvalue weighted by molar-refractivity contribution is 0.320. The Morgan fingerprint density at radius 3 is 1.92 bits per heavy atom. The quantitative estimate of drug-likeness (QED) is 0.537. The van der Waals surface area contributed by atoms with Crippen molar-refractivity contribution in [3.63, 3.8) is 0 Å². The van der Waals surface area contributed by atoms with Crippen molar-refractivity contribution in [2.24, 2.45) is 0 Å². The van der Waals surface area contributed by atoms with Gasteiger partial charge in [-0.15, -0.1) is 11.6 Å². The first kappa shape index (κ1) is 11.0. The van der Waals surface area contributed by atoms with E-state index in [9.17, 15) is 0 Å². The molecule has 1 aliphatic heterocycles. The van der Waals surface area contributed by atoms with Gasteiger partial charge in [-0.05, 0) is 19.4 Å². The largest absolute Gasteiger partial charge is 0.230 e. The summed E-state index contributed by atoms with van der Waals surface area (Å²) in [4.78, 5) is 0. The number of nitrogens with zero attached hydrogens (tertiary/aromatic N) is 2. The molecule has 1 aliphatic rings. The van der Waals surface area contributed by atoms with Crippen molar-refractivity contribution in [2.75, 3.05) is 25.6 Å². The fourth-order valence-corrected chi connectivity index (χ4v) is 3.48. The molecule has 0 radical (unpaired) electrons. The normalized spacial score (nSPS) is 25.0. The van der Waals surface area contributed by atoms with Gasteiger partial charge in [0.25, 0.3) is 0 Å². The van der Waals surface area contributed by atoms with E-state index in [4.69, 9.17) is 11.6 Å². The molecule has 0 aromatic rings. The summed E-state index contributed by atoms with van der Waals surface area (Å²) < 4.78 is 4.68. The smallest absolute Gasteiger partial charge is 0.0977 e. The highest BCUT2D eigenvalue weighted by Crippen LogP contribution is 2.29. The van der Waals surface area contributed by atoms with Crippen molar-refractivity contribution in [1.82, 2.24) is 8.61 Å². The molecule has 5 heteroatoms. The zero-order valence-electron chi connectivity index (χ0n) is 7.66. The van der Waals surface area contributed by atoms with Gasteiger partial charge in [-0.1, -0.05) is 23.9 Å². The van der Waals surface area contributed by atoms with E-state index in [1.807, 2.05) is 0 Å². The van der Waals surface area contributed by atoms with E-state index in [1.54, 1.807) is 23.9 Å². The zero-order valence-corrected chi connectivity index (χ0v) is 10.0. The summed E-state index contributed by atoms with van der Waals surface area (Å²) in [5.74, 6) is 0. The summed E-state index contributed by atoms with van der Waals surface area (Å²) in [5, 5.41) is 0.187. The van der Waals surface area contributed by atoms with Gasteiger partial charge in [-0.25, -0.2) is 8.61 Å². The number of halogens is 1. The van der Waals surface area contributed by atoms with Gasteiger partial charge in [0.1, 0.15) is 0 Å². The molecule has 0 N–H and O–H groups in total. The van der Waals surface area contributed by atoms with Crippen LogP contribution in [0.1, 0.15) is 6.92 Å². The fourth-order valence-electron chi connectivity index (χ4n) is 1.46. The summed E-state index contributed by atoms with van der Waals surface area (Å²) in [6.07, 6.45) is 4.60. The van der Waals surface area contributed by atoms with Crippen molar-refractivity contribution in [2.45, 2.75) is 18.5 Å². The van der Waals surface area contributed by atoms with Crippen LogP contribution in [0.2, 0.25) is 0 Å². The van der Waals surface area contributed by atoms with E-state index in [0.29, 0.717) is 6.17 Å². The molecule has 1 atom stereocenters. The second kappa shape index (κ2) is 4.96. The van der Waals surface area contributed by atoms with Crippen molar-refractivity contribution < 1.29 is 0 Å². The lowest BCUT2D eigenvalue weighted by Gasteiger charge is -2.28. The predicted octanol–water partition coefficient (Wildman–Crippen LogP) is 2.11. The van der Waals surface area contributed by atoms with Gasteiger partial charge >= 0.3 is 0 Å². The minimum absolute atomic E-state index is 0.187. The molecule has 0 bridgehead atoms. The van der Waals surface area contributed by atoms with Gasteiger partial charge in [0.05, 0.1) is 11.5 Å². The van der Waals surface area contributed by atoms with Crippen LogP contribution in [-0.4, -0.2) is 45.8 Å². The minimum atomic E-state index is 0.187. The fraction of sp³-hybridized carbons (Fsp3) is 1.00. The van der Waals surface area contributed by atoms with Crippen molar-refractivity contribution in [3.05, 3.63) is 0 Å². The van der Waals surface area contributed by atoms with Gasteiger partial charge in [-0.2, -0.15) is 0 Å². The van der Waals surface area contributed by atoms with Crippen LogP contribution < -0.4 is 0 Å². The van der Waals surface area contributed by atoms with E-state index in [1.165, 1.54) is 0 Å². The van der Waals surface area contributed by atoms with Crippen LogP contribution in [0.4, 0.5) is 0 Å². The van der Waals surface area contributed by atoms with Gasteiger partial charge < -0.3 is 0 Å². The molecule has 0 amide bonds. The summed E-state index contributed by atoms with van der Waals surface area (Å²) >= 11 is 9.68. The van der Waals surface area contributed by atoms with Gasteiger partial charge in [-0.3, -0.25) is 0 Å². The zero-order chi connectivity index (χ0) is 9.14. The number of hydrogen-bond acceptors (Lipinski definition) is 4. The number of hydrogen-bond donors (Lipinski definition) is 0. The average molecular weight is 227 g/mol. The maximum atomic E-state index is 6.12. The van der Waals surface area contributed by atoms with E-state index in [0.717, 1.165) is 13.1 Å². The molecule has 0 aromatic carbocycles. The first-order chi connectivity index (χ1) is 5.70. The molecule has 1 heterocycles. The first-order valence-corrected chi connectivity index (χ1v) is 6.76. The van der Waals surface area contributed by atoms with Gasteiger partial charge in [0.15, 0.2) is 0 Å². The summed E-state index contributed by atoms with van der Waals surface area (Å²) in [6, 6.07) is 0. The third-order valence-electron chi connectivity index (χ3n) is 2.01. The Morgan fingerprint density at radius 2 is 1.67 bits per heavy atom. The summed E-state index contributed by atoms with van der Waals surface area (Å²) in [5.41, 5.74) is 0. The molecule has 0 aromatic heterocycles. The molecule has 0 unspecified atom stereocenters. The van der Waals surface area contributed by atoms with Crippen LogP contribution in [-0.2, 0) is 0 Å². The molecule has 12 heavy (non-hydrogen) atoms. The Bertz CT molecular complexity index is 133. The molecule has 0 saturated carbocycles. The van der Waals surface area contributed by atoms with Gasteiger partial charge in [0.2, 0.25) is 0 Å². The molecule has 2 nitrogen and oxygen atoms in total. The second-order valence-corrected chi connectivity index (χ2v) is 5.09. The topological polar surface area (TPSA) is 6.48 Å². The maximum Gasteiger partial charge on any atom is 0.0977 e.